The molecule has 0 bridgehead atoms. The minimum Gasteiger partial charge on any atom is -0.493 e. The van der Waals surface area contributed by atoms with Gasteiger partial charge in [-0.3, -0.25) is 0 Å². The van der Waals surface area contributed by atoms with Gasteiger partial charge in [-0.15, -0.1) is 0 Å². The standard InChI is InChI=1S/C44H60N2O4S/c1-15-22-24-27-34(10)28-25-32-49-44(45-42(35(11)18-4)39(20-6)29-23-16-2)43(50-41(26-17-3)40(21-7)48-14)37(13)46-51(47)36(12)30-31-38(19-5)33(8)9/h15-16,19-24,26-27,29-31,33,46H,6,10,12,17-18,32H2,1-5,7-9,11,13-14H3/b22-15-,23-16-,27-24-,31-30-,38-19+,39-29+,40-21+,41-26+,42-35+,43-37-,45-44-. The zero-order valence-electron chi connectivity index (χ0n) is 32.8. The van der Waals surface area contributed by atoms with Gasteiger partial charge in [-0.1, -0.05) is 114 Å². The Morgan fingerprint density at radius 3 is 2.18 bits per heavy atom. The maximum atomic E-state index is 13.6. The van der Waals surface area contributed by atoms with Gasteiger partial charge >= 0.3 is 0 Å². The molecule has 276 valence electrons. The van der Waals surface area contributed by atoms with Gasteiger partial charge in [-0.2, -0.15) is 0 Å². The summed E-state index contributed by atoms with van der Waals surface area (Å²) in [6.45, 7) is 31.8. The molecule has 0 aromatic rings. The number of aliphatic imine (C=N–C) groups is 1. The van der Waals surface area contributed by atoms with E-state index < -0.39 is 11.0 Å². The Morgan fingerprint density at radius 2 is 1.65 bits per heavy atom. The molecule has 1 atom stereocenters. The first-order valence-corrected chi connectivity index (χ1v) is 18.4. The van der Waals surface area contributed by atoms with Gasteiger partial charge in [0.05, 0.1) is 23.4 Å². The van der Waals surface area contributed by atoms with Crippen molar-refractivity contribution in [2.75, 3.05) is 13.7 Å². The quantitative estimate of drug-likeness (QED) is 0.0448. The predicted molar refractivity (Wildman–Crippen MR) is 221 cm³/mol. The maximum absolute atomic E-state index is 13.6. The molecule has 0 amide bonds. The van der Waals surface area contributed by atoms with Crippen LogP contribution in [-0.2, 0) is 25.2 Å². The third-order valence-corrected chi connectivity index (χ3v) is 8.15. The first-order valence-electron chi connectivity index (χ1n) is 17.2. The topological polar surface area (TPSA) is 69.2 Å². The van der Waals surface area contributed by atoms with Crippen LogP contribution in [0.5, 0.6) is 0 Å². The molecule has 6 nitrogen and oxygen atoms in total. The van der Waals surface area contributed by atoms with Crippen LogP contribution in [-0.4, -0.2) is 23.8 Å². The smallest absolute Gasteiger partial charge is 0.261 e. The lowest BCUT2D eigenvalue weighted by Gasteiger charge is -2.20. The monoisotopic (exact) mass is 712 g/mol. The van der Waals surface area contributed by atoms with Crippen LogP contribution in [0.15, 0.2) is 160 Å². The van der Waals surface area contributed by atoms with Crippen molar-refractivity contribution in [3.63, 3.8) is 0 Å². The molecular formula is C44H60N2O4S. The van der Waals surface area contributed by atoms with E-state index in [4.69, 9.17) is 19.2 Å². The lowest BCUT2D eigenvalue weighted by Crippen LogP contribution is -2.23. The molecule has 0 aliphatic carbocycles. The van der Waals surface area contributed by atoms with E-state index in [1.165, 1.54) is 0 Å². The first-order chi connectivity index (χ1) is 24.4. The summed E-state index contributed by atoms with van der Waals surface area (Å²) in [7, 11) is -0.151. The van der Waals surface area contributed by atoms with E-state index in [0.29, 0.717) is 45.7 Å². The fourth-order valence-electron chi connectivity index (χ4n) is 4.10. The van der Waals surface area contributed by atoms with Crippen molar-refractivity contribution in [3.8, 4) is 11.8 Å². The minimum absolute atomic E-state index is 0.0383. The number of allylic oxidation sites excluding steroid dienone is 17. The fourth-order valence-corrected chi connectivity index (χ4v) is 4.79. The minimum atomic E-state index is -1.73. The molecule has 0 fully saturated rings. The van der Waals surface area contributed by atoms with Crippen LogP contribution in [0.25, 0.3) is 0 Å². The highest BCUT2D eigenvalue weighted by Crippen LogP contribution is 2.26. The molecule has 1 unspecified atom stereocenters. The van der Waals surface area contributed by atoms with Crippen molar-refractivity contribution in [3.05, 3.63) is 155 Å². The van der Waals surface area contributed by atoms with Crippen LogP contribution in [0.1, 0.15) is 82.1 Å². The molecule has 0 saturated heterocycles. The van der Waals surface area contributed by atoms with E-state index >= 15 is 0 Å². The summed E-state index contributed by atoms with van der Waals surface area (Å²) in [5, 5.41) is 0. The SMILES string of the molecule is C=CC(=C\C=C/C)/C(/N=C(OCC#CC(=C)/C=C\C=C/C)/C(OC(=C/CC)/C(=C\C)OC)=C(\C)NS(=O)C(=C)/C=C\C(=C/C)C(C)C)=C(/C)CC. The van der Waals surface area contributed by atoms with Crippen molar-refractivity contribution in [1.29, 1.82) is 0 Å². The van der Waals surface area contributed by atoms with Gasteiger partial charge in [-0.05, 0) is 101 Å². The molecule has 0 rings (SSSR count). The predicted octanol–water partition coefficient (Wildman–Crippen LogP) is 11.5. The van der Waals surface area contributed by atoms with Crippen molar-refractivity contribution in [2.45, 2.75) is 82.1 Å². The van der Waals surface area contributed by atoms with Gasteiger partial charge in [-0.25, -0.2) is 9.20 Å². The highest BCUT2D eigenvalue weighted by atomic mass is 32.2. The molecular weight excluding hydrogens is 653 g/mol. The molecule has 51 heavy (non-hydrogen) atoms. The largest absolute Gasteiger partial charge is 0.493 e. The van der Waals surface area contributed by atoms with Crippen molar-refractivity contribution >= 4 is 16.9 Å². The van der Waals surface area contributed by atoms with Gasteiger partial charge in [0, 0.05) is 5.57 Å². The summed E-state index contributed by atoms with van der Waals surface area (Å²) in [5.74, 6) is 7.60. The summed E-state index contributed by atoms with van der Waals surface area (Å²) in [4.78, 5) is 5.45. The Morgan fingerprint density at radius 1 is 0.961 bits per heavy atom. The highest BCUT2D eigenvalue weighted by molar-refractivity contribution is 7.87. The summed E-state index contributed by atoms with van der Waals surface area (Å²) < 4.78 is 35.3. The number of methoxy groups -OCH3 is 1. The fraction of sp³-hybridized carbons (Fsp3) is 0.341. The molecule has 0 radical (unpaired) electrons. The molecule has 0 spiro atoms. The molecule has 0 aliphatic rings. The summed E-state index contributed by atoms with van der Waals surface area (Å²) in [6.07, 6.45) is 25.8. The summed E-state index contributed by atoms with van der Waals surface area (Å²) in [6, 6.07) is 0. The van der Waals surface area contributed by atoms with Gasteiger partial charge < -0.3 is 18.9 Å². The van der Waals surface area contributed by atoms with Crippen molar-refractivity contribution < 1.29 is 18.4 Å². The third kappa shape index (κ3) is 17.6. The Bertz CT molecular complexity index is 1640. The number of nitrogens with one attached hydrogen (secondary N) is 1. The summed E-state index contributed by atoms with van der Waals surface area (Å²) in [5.41, 5.74) is 4.55. The van der Waals surface area contributed by atoms with E-state index in [2.05, 4.69) is 57.1 Å². The van der Waals surface area contributed by atoms with Gasteiger partial charge in [0.15, 0.2) is 18.1 Å². The third-order valence-electron chi connectivity index (χ3n) is 7.05. The van der Waals surface area contributed by atoms with Crippen LogP contribution >= 0.6 is 0 Å². The normalized spacial score (nSPS) is 15.2. The lowest BCUT2D eigenvalue weighted by atomic mass is 10.0. The van der Waals surface area contributed by atoms with Crippen LogP contribution < -0.4 is 4.72 Å². The van der Waals surface area contributed by atoms with E-state index in [9.17, 15) is 4.21 Å². The summed E-state index contributed by atoms with van der Waals surface area (Å²) >= 11 is 0. The second-order valence-corrected chi connectivity index (χ2v) is 12.5. The highest BCUT2D eigenvalue weighted by Gasteiger charge is 2.22. The molecule has 0 saturated carbocycles. The number of rotatable bonds is 20. The molecule has 0 heterocycles. The van der Waals surface area contributed by atoms with Gasteiger partial charge in [0.25, 0.3) is 5.90 Å². The Labute approximate surface area is 312 Å². The molecule has 0 aliphatic heterocycles. The maximum Gasteiger partial charge on any atom is 0.261 e. The zero-order valence-corrected chi connectivity index (χ0v) is 33.6. The number of ether oxygens (including phenoxy) is 3. The van der Waals surface area contributed by atoms with E-state index in [1.54, 1.807) is 32.3 Å². The molecule has 7 heteroatoms. The second kappa shape index (κ2) is 27.0. The van der Waals surface area contributed by atoms with Gasteiger partial charge in [0.2, 0.25) is 5.76 Å². The lowest BCUT2D eigenvalue weighted by molar-refractivity contribution is 0.222. The van der Waals surface area contributed by atoms with Crippen molar-refractivity contribution in [1.82, 2.24) is 4.72 Å². The average Bonchev–Trinajstić information content (AvgIpc) is 3.11. The molecule has 0 aromatic carbocycles. The average molecular weight is 713 g/mol. The number of hydrogen-bond acceptors (Lipinski definition) is 5. The number of nitrogens with zero attached hydrogens (tertiary/aromatic N) is 1. The van der Waals surface area contributed by atoms with Crippen LogP contribution in [0.2, 0.25) is 0 Å². The van der Waals surface area contributed by atoms with Crippen molar-refractivity contribution in [2.24, 2.45) is 10.9 Å². The van der Waals surface area contributed by atoms with E-state index in [1.807, 2.05) is 102 Å². The molecule has 0 aromatic heterocycles. The van der Waals surface area contributed by atoms with E-state index in [0.717, 1.165) is 23.1 Å². The van der Waals surface area contributed by atoms with E-state index in [-0.39, 0.29) is 18.3 Å². The van der Waals surface area contributed by atoms with Crippen LogP contribution in [0, 0.1) is 17.8 Å². The van der Waals surface area contributed by atoms with Crippen LogP contribution in [0.3, 0.4) is 0 Å². The zero-order chi connectivity index (χ0) is 38.8. The Balaban J connectivity index is 7.75. The van der Waals surface area contributed by atoms with Gasteiger partial charge in [0.1, 0.15) is 11.0 Å². The Hall–Kier alpha value is -4.80. The van der Waals surface area contributed by atoms with Crippen LogP contribution in [0.4, 0.5) is 0 Å². The molecule has 1 N–H and O–H groups in total. The second-order valence-electron chi connectivity index (χ2n) is 11.3. The number of hydrogen-bond donors (Lipinski definition) is 1. The first kappa shape index (κ1) is 46.2. The Kier molecular flexibility index (Phi) is 24.4.